The Balaban J connectivity index is 2.01. The van der Waals surface area contributed by atoms with Crippen molar-refractivity contribution in [2.75, 3.05) is 36.9 Å². The van der Waals surface area contributed by atoms with Crippen molar-refractivity contribution in [1.29, 1.82) is 0 Å². The first-order chi connectivity index (χ1) is 10.2. The molecule has 1 aliphatic carbocycles. The minimum absolute atomic E-state index is 0.212. The van der Waals surface area contributed by atoms with Crippen LogP contribution in [-0.4, -0.2) is 46.4 Å². The Bertz CT molecular complexity index is 451. The minimum atomic E-state index is 0.212. The summed E-state index contributed by atoms with van der Waals surface area (Å²) in [6.07, 6.45) is 4.02. The number of nitrogens with one attached hydrogen (secondary N) is 2. The van der Waals surface area contributed by atoms with E-state index >= 15 is 0 Å². The molecule has 1 aromatic heterocycles. The van der Waals surface area contributed by atoms with Gasteiger partial charge in [-0.15, -0.1) is 0 Å². The topological polar surface area (TPSA) is 92.2 Å². The van der Waals surface area contributed by atoms with Gasteiger partial charge in [-0.05, 0) is 38.0 Å². The molecule has 1 fully saturated rings. The van der Waals surface area contributed by atoms with E-state index in [1.807, 2.05) is 13.8 Å². The lowest BCUT2D eigenvalue weighted by molar-refractivity contribution is 0.253. The number of aliphatic hydroxyl groups excluding tert-OH is 1. The largest absolute Gasteiger partial charge is 0.463 e. The quantitative estimate of drug-likeness (QED) is 0.604. The summed E-state index contributed by atoms with van der Waals surface area (Å²) in [5.74, 6) is 1.05. The van der Waals surface area contributed by atoms with E-state index in [0.717, 1.165) is 38.8 Å². The van der Waals surface area contributed by atoms with Crippen molar-refractivity contribution in [1.82, 2.24) is 15.0 Å². The third-order valence-electron chi connectivity index (χ3n) is 3.61. The molecule has 0 bridgehead atoms. The Kier molecular flexibility index (Phi) is 5.55. The zero-order valence-corrected chi connectivity index (χ0v) is 12.9. The van der Waals surface area contributed by atoms with Crippen molar-refractivity contribution >= 4 is 11.9 Å². The van der Waals surface area contributed by atoms with E-state index in [1.54, 1.807) is 0 Å². The van der Waals surface area contributed by atoms with Crippen LogP contribution >= 0.6 is 0 Å². The van der Waals surface area contributed by atoms with Crippen LogP contribution in [0.3, 0.4) is 0 Å². The molecular weight excluding hydrogens is 270 g/mol. The van der Waals surface area contributed by atoms with Crippen molar-refractivity contribution in [2.24, 2.45) is 5.41 Å². The highest BCUT2D eigenvalue weighted by molar-refractivity contribution is 5.36. The van der Waals surface area contributed by atoms with Gasteiger partial charge < -0.3 is 20.5 Å². The highest BCUT2D eigenvalue weighted by Gasteiger charge is 2.41. The second-order valence-corrected chi connectivity index (χ2v) is 5.47. The number of nitrogens with zero attached hydrogens (tertiary/aromatic N) is 3. The van der Waals surface area contributed by atoms with E-state index in [4.69, 9.17) is 9.84 Å². The molecule has 0 unspecified atom stereocenters. The molecule has 21 heavy (non-hydrogen) atoms. The van der Waals surface area contributed by atoms with Gasteiger partial charge in [0.15, 0.2) is 0 Å². The lowest BCUT2D eigenvalue weighted by Gasteiger charge is -2.15. The van der Waals surface area contributed by atoms with Crippen molar-refractivity contribution in [3.05, 3.63) is 0 Å². The maximum absolute atomic E-state index is 9.10. The number of hydrogen-bond donors (Lipinski definition) is 3. The molecule has 0 aliphatic heterocycles. The summed E-state index contributed by atoms with van der Waals surface area (Å²) in [6, 6.07) is 0.345. The van der Waals surface area contributed by atoms with E-state index in [0.29, 0.717) is 24.5 Å². The summed E-state index contributed by atoms with van der Waals surface area (Å²) < 4.78 is 5.50. The Labute approximate surface area is 125 Å². The Morgan fingerprint density at radius 3 is 2.43 bits per heavy atom. The monoisotopic (exact) mass is 295 g/mol. The van der Waals surface area contributed by atoms with Crippen LogP contribution in [0.1, 0.15) is 39.5 Å². The summed E-state index contributed by atoms with van der Waals surface area (Å²) in [7, 11) is 0. The fourth-order valence-corrected chi connectivity index (χ4v) is 2.13. The van der Waals surface area contributed by atoms with Gasteiger partial charge in [-0.1, -0.05) is 6.92 Å². The van der Waals surface area contributed by atoms with Crippen LogP contribution in [0.5, 0.6) is 6.01 Å². The molecule has 1 saturated carbocycles. The zero-order chi connectivity index (χ0) is 15.1. The number of aromatic nitrogens is 3. The van der Waals surface area contributed by atoms with Crippen LogP contribution in [0.4, 0.5) is 11.9 Å². The molecule has 0 saturated heterocycles. The lowest BCUT2D eigenvalue weighted by Crippen LogP contribution is -2.19. The predicted molar refractivity (Wildman–Crippen MR) is 81.6 cm³/mol. The van der Waals surface area contributed by atoms with Crippen LogP contribution in [0.15, 0.2) is 0 Å². The van der Waals surface area contributed by atoms with Gasteiger partial charge >= 0.3 is 6.01 Å². The highest BCUT2D eigenvalue weighted by Crippen LogP contribution is 2.48. The average Bonchev–Trinajstić information content (AvgIpc) is 3.24. The summed E-state index contributed by atoms with van der Waals surface area (Å²) >= 11 is 0. The van der Waals surface area contributed by atoms with Crippen molar-refractivity contribution in [3.63, 3.8) is 0 Å². The zero-order valence-electron chi connectivity index (χ0n) is 12.9. The maximum Gasteiger partial charge on any atom is 0.323 e. The second kappa shape index (κ2) is 7.40. The van der Waals surface area contributed by atoms with Gasteiger partial charge in [0.1, 0.15) is 0 Å². The first-order valence-electron chi connectivity index (χ1n) is 7.69. The molecule has 7 nitrogen and oxygen atoms in total. The third kappa shape index (κ3) is 4.70. The standard InChI is InChI=1S/C14H25N5O2/c1-3-9-21-13-18-11(15-4-2)17-12(19-13)16-10-14(5-6-14)7-8-20/h20H,3-10H2,1-2H3,(H2,15,16,17,18,19). The van der Waals surface area contributed by atoms with Crippen molar-refractivity contribution in [3.8, 4) is 6.01 Å². The Hall–Kier alpha value is -1.63. The molecule has 1 heterocycles. The molecule has 1 aromatic rings. The molecule has 0 spiro atoms. The molecule has 0 radical (unpaired) electrons. The minimum Gasteiger partial charge on any atom is -0.463 e. The highest BCUT2D eigenvalue weighted by atomic mass is 16.5. The normalized spacial score (nSPS) is 15.6. The van der Waals surface area contributed by atoms with Gasteiger partial charge in [0, 0.05) is 19.7 Å². The predicted octanol–water partition coefficient (Wildman–Crippen LogP) is 1.67. The third-order valence-corrected chi connectivity index (χ3v) is 3.61. The summed E-state index contributed by atoms with van der Waals surface area (Å²) in [5, 5.41) is 15.4. The van der Waals surface area contributed by atoms with E-state index in [9.17, 15) is 0 Å². The maximum atomic E-state index is 9.10. The van der Waals surface area contributed by atoms with Crippen molar-refractivity contribution < 1.29 is 9.84 Å². The van der Waals surface area contributed by atoms with Gasteiger partial charge in [-0.2, -0.15) is 15.0 Å². The number of rotatable bonds is 10. The Morgan fingerprint density at radius 2 is 1.86 bits per heavy atom. The van der Waals surface area contributed by atoms with E-state index in [1.165, 1.54) is 0 Å². The van der Waals surface area contributed by atoms with Crippen LogP contribution in [0.25, 0.3) is 0 Å². The van der Waals surface area contributed by atoms with Crippen LogP contribution in [0.2, 0.25) is 0 Å². The average molecular weight is 295 g/mol. The van der Waals surface area contributed by atoms with Gasteiger partial charge in [0.05, 0.1) is 6.61 Å². The Morgan fingerprint density at radius 1 is 1.14 bits per heavy atom. The van der Waals surface area contributed by atoms with Gasteiger partial charge in [0.25, 0.3) is 0 Å². The first-order valence-corrected chi connectivity index (χ1v) is 7.69. The number of anilines is 2. The number of hydrogen-bond acceptors (Lipinski definition) is 7. The molecule has 1 aliphatic rings. The summed E-state index contributed by atoms with van der Waals surface area (Å²) in [6.45, 7) is 6.36. The smallest absolute Gasteiger partial charge is 0.323 e. The molecule has 118 valence electrons. The number of aliphatic hydroxyl groups is 1. The number of ether oxygens (including phenoxy) is 1. The fraction of sp³-hybridized carbons (Fsp3) is 0.786. The molecular formula is C14H25N5O2. The molecule has 0 amide bonds. The van der Waals surface area contributed by atoms with Gasteiger partial charge in [-0.25, -0.2) is 0 Å². The molecule has 7 heteroatoms. The fourth-order valence-electron chi connectivity index (χ4n) is 2.13. The summed E-state index contributed by atoms with van der Waals surface area (Å²) in [5.41, 5.74) is 0.212. The first kappa shape index (κ1) is 15.8. The van der Waals surface area contributed by atoms with Gasteiger partial charge in [0.2, 0.25) is 11.9 Å². The SMILES string of the molecule is CCCOc1nc(NCC)nc(NCC2(CCO)CC2)n1. The second-order valence-electron chi connectivity index (χ2n) is 5.47. The lowest BCUT2D eigenvalue weighted by atomic mass is 10.0. The molecule has 0 atom stereocenters. The van der Waals surface area contributed by atoms with E-state index < -0.39 is 0 Å². The van der Waals surface area contributed by atoms with Gasteiger partial charge in [-0.3, -0.25) is 0 Å². The van der Waals surface area contributed by atoms with Crippen molar-refractivity contribution in [2.45, 2.75) is 39.5 Å². The van der Waals surface area contributed by atoms with E-state index in [-0.39, 0.29) is 12.0 Å². The van der Waals surface area contributed by atoms with E-state index in [2.05, 4.69) is 25.6 Å². The molecule has 2 rings (SSSR count). The summed E-state index contributed by atoms with van der Waals surface area (Å²) in [4.78, 5) is 12.8. The van der Waals surface area contributed by atoms with Crippen LogP contribution < -0.4 is 15.4 Å². The van der Waals surface area contributed by atoms with Crippen LogP contribution in [-0.2, 0) is 0 Å². The molecule has 3 N–H and O–H groups in total. The van der Waals surface area contributed by atoms with Crippen LogP contribution in [0, 0.1) is 5.41 Å². The molecule has 0 aromatic carbocycles.